The summed E-state index contributed by atoms with van der Waals surface area (Å²) in [6.07, 6.45) is 3.89. The van der Waals surface area contributed by atoms with Crippen LogP contribution in [0.2, 0.25) is 0 Å². The molecule has 0 saturated heterocycles. The van der Waals surface area contributed by atoms with Gasteiger partial charge >= 0.3 is 0 Å². The molecular weight excluding hydrogens is 413 g/mol. The van der Waals surface area contributed by atoms with E-state index in [2.05, 4.69) is 16.4 Å². The van der Waals surface area contributed by atoms with E-state index in [0.29, 0.717) is 24.6 Å². The molecule has 1 aliphatic carbocycles. The van der Waals surface area contributed by atoms with E-state index in [1.54, 1.807) is 24.3 Å². The average molecular weight is 440 g/mol. The second kappa shape index (κ2) is 8.07. The standard InChI is InChI=1S/C23H26FN5OS/c1-14-11-16(5-6-17(14)24)19-12-20(15-3-4-15)29(27-19)13-22(30)28-9-7-18-21(8-10-28)31-23(25-2)26-18/h5-6,11-12,15H,3-4,7-10,13H2,1-2H3,(H,25,26). The van der Waals surface area contributed by atoms with Crippen LogP contribution in [0.1, 0.15) is 40.6 Å². The number of halogens is 1. The molecular formula is C23H26FN5OS. The van der Waals surface area contributed by atoms with Crippen molar-refractivity contribution in [2.24, 2.45) is 0 Å². The van der Waals surface area contributed by atoms with Crippen molar-refractivity contribution >= 4 is 22.4 Å². The topological polar surface area (TPSA) is 63.1 Å². The number of hydrogen-bond donors (Lipinski definition) is 1. The van der Waals surface area contributed by atoms with Crippen molar-refractivity contribution in [3.63, 3.8) is 0 Å². The van der Waals surface area contributed by atoms with Gasteiger partial charge in [-0.05, 0) is 49.6 Å². The number of carbonyl (C=O) groups excluding carboxylic acids is 1. The number of nitrogens with one attached hydrogen (secondary N) is 1. The van der Waals surface area contributed by atoms with E-state index in [1.807, 2.05) is 22.7 Å². The van der Waals surface area contributed by atoms with Gasteiger partial charge in [0.1, 0.15) is 12.4 Å². The summed E-state index contributed by atoms with van der Waals surface area (Å²) < 4.78 is 15.5. The number of anilines is 1. The number of nitrogens with zero attached hydrogens (tertiary/aromatic N) is 4. The second-order valence-electron chi connectivity index (χ2n) is 8.37. The van der Waals surface area contributed by atoms with Crippen LogP contribution in [0.5, 0.6) is 0 Å². The fourth-order valence-corrected chi connectivity index (χ4v) is 5.11. The molecule has 2 aromatic heterocycles. The molecule has 8 heteroatoms. The van der Waals surface area contributed by atoms with E-state index in [1.165, 1.54) is 10.9 Å². The monoisotopic (exact) mass is 439 g/mol. The van der Waals surface area contributed by atoms with Crippen LogP contribution in [0.3, 0.4) is 0 Å². The number of amides is 1. The van der Waals surface area contributed by atoms with Gasteiger partial charge in [-0.15, -0.1) is 11.3 Å². The molecule has 6 nitrogen and oxygen atoms in total. The minimum absolute atomic E-state index is 0.0934. The van der Waals surface area contributed by atoms with E-state index >= 15 is 0 Å². The van der Waals surface area contributed by atoms with Crippen LogP contribution >= 0.6 is 11.3 Å². The third-order valence-electron chi connectivity index (χ3n) is 6.12. The molecule has 162 valence electrons. The number of hydrogen-bond acceptors (Lipinski definition) is 5. The maximum Gasteiger partial charge on any atom is 0.244 e. The minimum atomic E-state index is -0.216. The van der Waals surface area contributed by atoms with Gasteiger partial charge in [-0.3, -0.25) is 9.48 Å². The van der Waals surface area contributed by atoms with E-state index in [9.17, 15) is 9.18 Å². The number of aromatic nitrogens is 3. The smallest absolute Gasteiger partial charge is 0.244 e. The number of fused-ring (bicyclic) bond motifs is 1. The molecule has 1 saturated carbocycles. The molecule has 0 radical (unpaired) electrons. The van der Waals surface area contributed by atoms with E-state index in [0.717, 1.165) is 53.5 Å². The number of thiazole rings is 1. The first kappa shape index (κ1) is 20.2. The Balaban J connectivity index is 1.33. The lowest BCUT2D eigenvalue weighted by atomic mass is 10.1. The van der Waals surface area contributed by atoms with Gasteiger partial charge in [-0.25, -0.2) is 9.37 Å². The van der Waals surface area contributed by atoms with Gasteiger partial charge in [0.2, 0.25) is 5.91 Å². The quantitative estimate of drug-likeness (QED) is 0.653. The van der Waals surface area contributed by atoms with Crippen LogP contribution in [-0.2, 0) is 24.2 Å². The molecule has 1 aromatic carbocycles. The molecule has 1 amide bonds. The van der Waals surface area contributed by atoms with Gasteiger partial charge in [-0.2, -0.15) is 5.10 Å². The zero-order valence-electron chi connectivity index (χ0n) is 17.8. The highest BCUT2D eigenvalue weighted by Gasteiger charge is 2.30. The average Bonchev–Trinajstić information content (AvgIpc) is 3.46. The molecule has 3 aromatic rings. The molecule has 0 unspecified atom stereocenters. The molecule has 2 aliphatic rings. The highest BCUT2D eigenvalue weighted by molar-refractivity contribution is 7.15. The largest absolute Gasteiger partial charge is 0.365 e. The molecule has 0 bridgehead atoms. The summed E-state index contributed by atoms with van der Waals surface area (Å²) in [6.45, 7) is 3.40. The van der Waals surface area contributed by atoms with Crippen molar-refractivity contribution in [1.29, 1.82) is 0 Å². The summed E-state index contributed by atoms with van der Waals surface area (Å²) in [5.41, 5.74) is 4.51. The van der Waals surface area contributed by atoms with Crippen molar-refractivity contribution < 1.29 is 9.18 Å². The first-order valence-corrected chi connectivity index (χ1v) is 11.6. The summed E-state index contributed by atoms with van der Waals surface area (Å²) in [5, 5.41) is 8.81. The SMILES string of the molecule is CNc1nc2c(s1)CCN(C(=O)Cn1nc(-c3ccc(F)c(C)c3)cc1C1CC1)CC2. The van der Waals surface area contributed by atoms with E-state index < -0.39 is 0 Å². The highest BCUT2D eigenvalue weighted by atomic mass is 32.1. The Morgan fingerprint density at radius 1 is 1.26 bits per heavy atom. The molecule has 1 aliphatic heterocycles. The number of rotatable bonds is 5. The van der Waals surface area contributed by atoms with Gasteiger partial charge in [0, 0.05) is 55.0 Å². The Morgan fingerprint density at radius 3 is 2.81 bits per heavy atom. The van der Waals surface area contributed by atoms with E-state index in [-0.39, 0.29) is 18.3 Å². The summed E-state index contributed by atoms with van der Waals surface area (Å²) in [7, 11) is 1.89. The van der Waals surface area contributed by atoms with Crippen molar-refractivity contribution in [2.45, 2.75) is 45.1 Å². The molecule has 3 heterocycles. The third kappa shape index (κ3) is 4.08. The van der Waals surface area contributed by atoms with Gasteiger partial charge in [0.25, 0.3) is 0 Å². The first-order valence-electron chi connectivity index (χ1n) is 10.8. The Labute approximate surface area is 185 Å². The summed E-state index contributed by atoms with van der Waals surface area (Å²) in [6, 6.07) is 7.13. The lowest BCUT2D eigenvalue weighted by Gasteiger charge is -2.20. The number of benzene rings is 1. The Kier molecular flexibility index (Phi) is 5.25. The van der Waals surface area contributed by atoms with Crippen LogP contribution in [0.25, 0.3) is 11.3 Å². The van der Waals surface area contributed by atoms with Crippen molar-refractivity contribution in [3.8, 4) is 11.3 Å². The molecule has 5 rings (SSSR count). The Bertz CT molecular complexity index is 1110. The first-order chi connectivity index (χ1) is 15.0. The Morgan fingerprint density at radius 2 is 2.06 bits per heavy atom. The van der Waals surface area contributed by atoms with Crippen LogP contribution in [-0.4, -0.2) is 45.7 Å². The summed E-state index contributed by atoms with van der Waals surface area (Å²) in [4.78, 5) is 21.0. The zero-order valence-corrected chi connectivity index (χ0v) is 18.6. The number of carbonyl (C=O) groups is 1. The van der Waals surface area contributed by atoms with Crippen LogP contribution in [0.15, 0.2) is 24.3 Å². The molecule has 1 N–H and O–H groups in total. The maximum absolute atomic E-state index is 13.7. The molecule has 0 spiro atoms. The lowest BCUT2D eigenvalue weighted by Crippen LogP contribution is -2.36. The Hall–Kier alpha value is -2.74. The van der Waals surface area contributed by atoms with Gasteiger partial charge < -0.3 is 10.2 Å². The second-order valence-corrected chi connectivity index (χ2v) is 9.45. The van der Waals surface area contributed by atoms with Crippen LogP contribution in [0, 0.1) is 12.7 Å². The normalized spacial score (nSPS) is 16.2. The zero-order chi connectivity index (χ0) is 21.5. The predicted octanol–water partition coefficient (Wildman–Crippen LogP) is 4.00. The van der Waals surface area contributed by atoms with Gasteiger partial charge in [0.05, 0.1) is 11.4 Å². The molecule has 1 fully saturated rings. The van der Waals surface area contributed by atoms with E-state index in [4.69, 9.17) is 5.10 Å². The van der Waals surface area contributed by atoms with Crippen molar-refractivity contribution in [2.75, 3.05) is 25.5 Å². The minimum Gasteiger partial charge on any atom is -0.365 e. The maximum atomic E-state index is 13.7. The van der Waals surface area contributed by atoms with Gasteiger partial charge in [-0.1, -0.05) is 0 Å². The van der Waals surface area contributed by atoms with Crippen molar-refractivity contribution in [3.05, 3.63) is 51.9 Å². The lowest BCUT2D eigenvalue weighted by molar-refractivity contribution is -0.132. The summed E-state index contributed by atoms with van der Waals surface area (Å²) >= 11 is 1.68. The molecule has 31 heavy (non-hydrogen) atoms. The highest BCUT2D eigenvalue weighted by Crippen LogP contribution is 2.41. The number of aryl methyl sites for hydroxylation is 1. The summed E-state index contributed by atoms with van der Waals surface area (Å²) in [5.74, 6) is 0.346. The van der Waals surface area contributed by atoms with Crippen LogP contribution < -0.4 is 5.32 Å². The fraction of sp³-hybridized carbons (Fsp3) is 0.435. The molecule has 0 atom stereocenters. The van der Waals surface area contributed by atoms with Crippen LogP contribution in [0.4, 0.5) is 9.52 Å². The fourth-order valence-electron chi connectivity index (χ4n) is 4.16. The van der Waals surface area contributed by atoms with Crippen molar-refractivity contribution in [1.82, 2.24) is 19.7 Å². The third-order valence-corrected chi connectivity index (χ3v) is 7.29. The van der Waals surface area contributed by atoms with Gasteiger partial charge in [0.15, 0.2) is 5.13 Å². The predicted molar refractivity (Wildman–Crippen MR) is 120 cm³/mol.